The summed E-state index contributed by atoms with van der Waals surface area (Å²) in [6.45, 7) is 9.00. The number of carbonyl (C=O) groups is 2. The smallest absolute Gasteiger partial charge is 0.227 e. The Balaban J connectivity index is 1.61. The third-order valence-electron chi connectivity index (χ3n) is 7.64. The minimum atomic E-state index is -0.737. The molecule has 1 unspecified atom stereocenters. The summed E-state index contributed by atoms with van der Waals surface area (Å²) in [7, 11) is 0. The molecular weight excluding hydrogens is 486 g/mol. The van der Waals surface area contributed by atoms with Crippen molar-refractivity contribution in [2.75, 3.05) is 32.7 Å². The molecule has 5 nitrogen and oxygen atoms in total. The Morgan fingerprint density at radius 1 is 0.838 bits per heavy atom. The van der Waals surface area contributed by atoms with Gasteiger partial charge in [-0.25, -0.2) is 17.6 Å². The maximum absolute atomic E-state index is 14.8. The first kappa shape index (κ1) is 27.1. The van der Waals surface area contributed by atoms with Crippen LogP contribution in [0.5, 0.6) is 0 Å². The number of halogens is 4. The minimum Gasteiger partial charge on any atom is -0.341 e. The highest BCUT2D eigenvalue weighted by molar-refractivity contribution is 5.81. The zero-order valence-electron chi connectivity index (χ0n) is 21.6. The van der Waals surface area contributed by atoms with Crippen LogP contribution in [0.25, 0.3) is 0 Å². The normalized spacial score (nSPS) is 23.3. The Kier molecular flexibility index (Phi) is 7.65. The first-order valence-electron chi connectivity index (χ1n) is 12.6. The van der Waals surface area contributed by atoms with Crippen molar-refractivity contribution in [3.63, 3.8) is 0 Å². The molecule has 2 aromatic carbocycles. The van der Waals surface area contributed by atoms with Gasteiger partial charge in [0.15, 0.2) is 0 Å². The lowest BCUT2D eigenvalue weighted by Gasteiger charge is -2.32. The van der Waals surface area contributed by atoms with Crippen molar-refractivity contribution in [1.29, 1.82) is 0 Å². The first-order valence-corrected chi connectivity index (χ1v) is 12.6. The molecule has 2 amide bonds. The SMILES string of the molecule is CC(=O)N1CCN(C(=O)[C@@H]2CN(C(C)(C)C)C[C@H]2c2ccc(F)cc2F)CCC1c1ccc(F)cc1F. The van der Waals surface area contributed by atoms with Crippen LogP contribution in [-0.4, -0.2) is 64.8 Å². The van der Waals surface area contributed by atoms with Gasteiger partial charge in [-0.15, -0.1) is 0 Å². The summed E-state index contributed by atoms with van der Waals surface area (Å²) in [5, 5.41) is 0. The molecule has 2 aliphatic heterocycles. The Morgan fingerprint density at radius 3 is 1.97 bits per heavy atom. The zero-order chi connectivity index (χ0) is 27.1. The number of hydrogen-bond acceptors (Lipinski definition) is 3. The molecule has 4 rings (SSSR count). The van der Waals surface area contributed by atoms with Gasteiger partial charge in [-0.2, -0.15) is 0 Å². The maximum Gasteiger partial charge on any atom is 0.227 e. The fourth-order valence-electron chi connectivity index (χ4n) is 5.58. The Morgan fingerprint density at radius 2 is 1.43 bits per heavy atom. The number of benzene rings is 2. The maximum atomic E-state index is 14.8. The quantitative estimate of drug-likeness (QED) is 0.543. The van der Waals surface area contributed by atoms with E-state index in [0.29, 0.717) is 18.7 Å². The Hall–Kier alpha value is -2.94. The molecule has 2 fully saturated rings. The molecule has 2 aliphatic rings. The van der Waals surface area contributed by atoms with Gasteiger partial charge in [0.2, 0.25) is 11.8 Å². The van der Waals surface area contributed by atoms with Crippen LogP contribution in [0.3, 0.4) is 0 Å². The van der Waals surface area contributed by atoms with Crippen molar-refractivity contribution in [3.8, 4) is 0 Å². The molecule has 0 saturated carbocycles. The van der Waals surface area contributed by atoms with E-state index in [1.54, 1.807) is 4.90 Å². The van der Waals surface area contributed by atoms with E-state index >= 15 is 0 Å². The average molecular weight is 520 g/mol. The number of hydrogen-bond donors (Lipinski definition) is 0. The molecule has 0 spiro atoms. The largest absolute Gasteiger partial charge is 0.341 e. The van der Waals surface area contributed by atoms with Crippen LogP contribution in [0.15, 0.2) is 36.4 Å². The van der Waals surface area contributed by atoms with Gasteiger partial charge in [-0.05, 0) is 44.9 Å². The molecule has 0 N–H and O–H groups in total. The molecule has 0 radical (unpaired) electrons. The van der Waals surface area contributed by atoms with Crippen LogP contribution in [-0.2, 0) is 9.59 Å². The van der Waals surface area contributed by atoms with Gasteiger partial charge in [0, 0.05) is 68.8 Å². The highest BCUT2D eigenvalue weighted by Crippen LogP contribution is 2.39. The minimum absolute atomic E-state index is 0.177. The van der Waals surface area contributed by atoms with Crippen LogP contribution in [0.1, 0.15) is 57.2 Å². The van der Waals surface area contributed by atoms with E-state index in [1.165, 1.54) is 30.0 Å². The van der Waals surface area contributed by atoms with Crippen molar-refractivity contribution in [3.05, 3.63) is 70.8 Å². The van der Waals surface area contributed by atoms with Crippen LogP contribution in [0, 0.1) is 29.2 Å². The van der Waals surface area contributed by atoms with E-state index in [-0.39, 0.29) is 49.0 Å². The number of likely N-dealkylation sites (tertiary alicyclic amines) is 1. The second-order valence-electron chi connectivity index (χ2n) is 11.0. The summed E-state index contributed by atoms with van der Waals surface area (Å²) < 4.78 is 56.6. The summed E-state index contributed by atoms with van der Waals surface area (Å²) in [6, 6.07) is 6.11. The van der Waals surface area contributed by atoms with Gasteiger partial charge < -0.3 is 9.80 Å². The summed E-state index contributed by atoms with van der Waals surface area (Å²) in [6.07, 6.45) is 0.277. The molecule has 0 aliphatic carbocycles. The van der Waals surface area contributed by atoms with Crippen molar-refractivity contribution < 1.29 is 27.2 Å². The van der Waals surface area contributed by atoms with Crippen LogP contribution in [0.4, 0.5) is 17.6 Å². The topological polar surface area (TPSA) is 43.9 Å². The van der Waals surface area contributed by atoms with Crippen LogP contribution >= 0.6 is 0 Å². The lowest BCUT2D eigenvalue weighted by atomic mass is 9.87. The van der Waals surface area contributed by atoms with E-state index in [9.17, 15) is 27.2 Å². The third-order valence-corrected chi connectivity index (χ3v) is 7.64. The fourth-order valence-corrected chi connectivity index (χ4v) is 5.58. The monoisotopic (exact) mass is 519 g/mol. The van der Waals surface area contributed by atoms with E-state index < -0.39 is 41.1 Å². The Labute approximate surface area is 215 Å². The molecule has 200 valence electrons. The van der Waals surface area contributed by atoms with Gasteiger partial charge in [0.1, 0.15) is 23.3 Å². The molecule has 2 aromatic rings. The lowest BCUT2D eigenvalue weighted by molar-refractivity contribution is -0.136. The van der Waals surface area contributed by atoms with E-state index in [2.05, 4.69) is 4.90 Å². The van der Waals surface area contributed by atoms with E-state index in [4.69, 9.17) is 0 Å². The fraction of sp³-hybridized carbons (Fsp3) is 0.500. The molecule has 2 saturated heterocycles. The molecule has 3 atom stereocenters. The summed E-state index contributed by atoms with van der Waals surface area (Å²) in [4.78, 5) is 31.6. The molecule has 37 heavy (non-hydrogen) atoms. The summed E-state index contributed by atoms with van der Waals surface area (Å²) >= 11 is 0. The number of nitrogens with zero attached hydrogens (tertiary/aromatic N) is 3. The standard InChI is InChI=1S/C28H33F4N3O2/c1-17(36)35-12-11-33(10-9-26(35)21-8-6-19(30)14-25(21)32)27(37)23-16-34(28(2,3)4)15-22(23)20-7-5-18(29)13-24(20)31/h5-8,13-14,22-23,26H,9-12,15-16H2,1-4H3/t22-,23+,26?/m0/s1. The highest BCUT2D eigenvalue weighted by atomic mass is 19.1. The highest BCUT2D eigenvalue weighted by Gasteiger charge is 2.45. The van der Waals surface area contributed by atoms with Gasteiger partial charge in [-0.3, -0.25) is 14.5 Å². The van der Waals surface area contributed by atoms with Crippen molar-refractivity contribution in [2.24, 2.45) is 5.92 Å². The summed E-state index contributed by atoms with van der Waals surface area (Å²) in [5.41, 5.74) is 0.244. The van der Waals surface area contributed by atoms with Gasteiger partial charge in [0.25, 0.3) is 0 Å². The molecule has 9 heteroatoms. The van der Waals surface area contributed by atoms with Gasteiger partial charge in [0.05, 0.1) is 12.0 Å². The molecule has 2 heterocycles. The first-order chi connectivity index (χ1) is 17.4. The zero-order valence-corrected chi connectivity index (χ0v) is 21.6. The van der Waals surface area contributed by atoms with Crippen molar-refractivity contribution in [1.82, 2.24) is 14.7 Å². The van der Waals surface area contributed by atoms with Gasteiger partial charge in [-0.1, -0.05) is 12.1 Å². The second kappa shape index (κ2) is 10.4. The lowest BCUT2D eigenvalue weighted by Crippen LogP contribution is -2.43. The second-order valence-corrected chi connectivity index (χ2v) is 11.0. The Bertz CT molecular complexity index is 1180. The van der Waals surface area contributed by atoms with Crippen molar-refractivity contribution >= 4 is 11.8 Å². The molecular formula is C28H33F4N3O2. The summed E-state index contributed by atoms with van der Waals surface area (Å²) in [5.74, 6) is -4.27. The number of amides is 2. The van der Waals surface area contributed by atoms with Crippen LogP contribution in [0.2, 0.25) is 0 Å². The predicted molar refractivity (Wildman–Crippen MR) is 132 cm³/mol. The molecule has 0 aromatic heterocycles. The van der Waals surface area contributed by atoms with Crippen LogP contribution < -0.4 is 0 Å². The third kappa shape index (κ3) is 5.66. The number of rotatable bonds is 3. The predicted octanol–water partition coefficient (Wildman–Crippen LogP) is 4.88. The van der Waals surface area contributed by atoms with Gasteiger partial charge >= 0.3 is 0 Å². The number of carbonyl (C=O) groups excluding carboxylic acids is 2. The van der Waals surface area contributed by atoms with Crippen molar-refractivity contribution in [2.45, 2.75) is 51.6 Å². The van der Waals surface area contributed by atoms with E-state index in [0.717, 1.165) is 18.2 Å². The average Bonchev–Trinajstić information content (AvgIpc) is 3.13. The van der Waals surface area contributed by atoms with E-state index in [1.807, 2.05) is 20.8 Å². The molecule has 0 bridgehead atoms.